The van der Waals surface area contributed by atoms with Gasteiger partial charge < -0.3 is 15.4 Å². The molecule has 1 aliphatic rings. The average molecular weight is 406 g/mol. The van der Waals surface area contributed by atoms with Gasteiger partial charge in [-0.05, 0) is 54.5 Å². The van der Waals surface area contributed by atoms with Gasteiger partial charge in [0, 0.05) is 31.0 Å². The van der Waals surface area contributed by atoms with Crippen molar-refractivity contribution in [3.63, 3.8) is 0 Å². The maximum absolute atomic E-state index is 14.0. The quantitative estimate of drug-likeness (QED) is 0.717. The van der Waals surface area contributed by atoms with E-state index in [-0.39, 0.29) is 17.5 Å². The van der Waals surface area contributed by atoms with Crippen molar-refractivity contribution in [1.82, 2.24) is 10.3 Å². The molecule has 5 nitrogen and oxygen atoms in total. The molecule has 1 aliphatic heterocycles. The van der Waals surface area contributed by atoms with Crippen molar-refractivity contribution in [1.29, 1.82) is 0 Å². The van der Waals surface area contributed by atoms with Crippen LogP contribution < -0.4 is 10.6 Å². The number of carbonyl (C=O) groups excluding carboxylic acids is 1. The van der Waals surface area contributed by atoms with Crippen LogP contribution in [0.3, 0.4) is 0 Å². The summed E-state index contributed by atoms with van der Waals surface area (Å²) < 4.78 is 19.4. The molecule has 2 N–H and O–H groups in total. The fourth-order valence-corrected chi connectivity index (χ4v) is 3.38. The van der Waals surface area contributed by atoms with Crippen LogP contribution in [-0.4, -0.2) is 30.6 Å². The summed E-state index contributed by atoms with van der Waals surface area (Å²) in [5, 5.41) is 6.30. The Bertz CT molecular complexity index is 838. The molecule has 0 radical (unpaired) electrons. The molecule has 0 atom stereocenters. The summed E-state index contributed by atoms with van der Waals surface area (Å²) >= 11 is 5.79. The Balaban J connectivity index is 1.73. The van der Waals surface area contributed by atoms with E-state index in [1.165, 1.54) is 6.07 Å². The summed E-state index contributed by atoms with van der Waals surface area (Å²) in [6.07, 6.45) is 3.47. The lowest BCUT2D eigenvalue weighted by Crippen LogP contribution is -2.32. The molecular weight excluding hydrogens is 381 g/mol. The van der Waals surface area contributed by atoms with E-state index in [1.807, 2.05) is 13.8 Å². The van der Waals surface area contributed by atoms with Crippen molar-refractivity contribution in [3.05, 3.63) is 52.4 Å². The van der Waals surface area contributed by atoms with E-state index in [9.17, 15) is 9.18 Å². The first-order valence-electron chi connectivity index (χ1n) is 9.52. The molecule has 7 heteroatoms. The maximum atomic E-state index is 14.0. The number of pyridine rings is 1. The van der Waals surface area contributed by atoms with E-state index < -0.39 is 5.82 Å². The number of ether oxygens (including phenoxy) is 1. The highest BCUT2D eigenvalue weighted by Crippen LogP contribution is 2.26. The van der Waals surface area contributed by atoms with E-state index in [1.54, 1.807) is 24.4 Å². The molecular formula is C21H25ClFN3O2. The second kappa shape index (κ2) is 9.34. The molecule has 0 bridgehead atoms. The minimum absolute atomic E-state index is 0.113. The third kappa shape index (κ3) is 5.20. The number of anilines is 2. The van der Waals surface area contributed by atoms with Gasteiger partial charge in [0.05, 0.1) is 11.3 Å². The maximum Gasteiger partial charge on any atom is 0.253 e. The van der Waals surface area contributed by atoms with Gasteiger partial charge in [0.15, 0.2) is 0 Å². The number of hydrogen-bond donors (Lipinski definition) is 2. The lowest BCUT2D eigenvalue weighted by atomic mass is 9.97. The summed E-state index contributed by atoms with van der Waals surface area (Å²) in [7, 11) is 0. The lowest BCUT2D eigenvalue weighted by molar-refractivity contribution is 0.0642. The van der Waals surface area contributed by atoms with Crippen molar-refractivity contribution >= 4 is 29.0 Å². The molecule has 28 heavy (non-hydrogen) atoms. The van der Waals surface area contributed by atoms with E-state index in [4.69, 9.17) is 16.3 Å². The van der Waals surface area contributed by atoms with Gasteiger partial charge in [0.2, 0.25) is 0 Å². The number of nitrogens with one attached hydrogen (secondary N) is 2. The highest BCUT2D eigenvalue weighted by Gasteiger charge is 2.19. The third-order valence-electron chi connectivity index (χ3n) is 4.89. The Hall–Kier alpha value is -2.18. The van der Waals surface area contributed by atoms with Gasteiger partial charge in [-0.1, -0.05) is 25.4 Å². The molecule has 0 unspecified atom stereocenters. The van der Waals surface area contributed by atoms with Crippen LogP contribution in [0.1, 0.15) is 48.5 Å². The van der Waals surface area contributed by atoms with E-state index in [2.05, 4.69) is 15.6 Å². The smallest absolute Gasteiger partial charge is 0.253 e. The number of carbonyl (C=O) groups is 1. The highest BCUT2D eigenvalue weighted by atomic mass is 35.5. The molecule has 1 aromatic carbocycles. The van der Waals surface area contributed by atoms with Gasteiger partial charge in [0.1, 0.15) is 11.6 Å². The number of halogens is 2. The molecule has 3 rings (SSSR count). The predicted molar refractivity (Wildman–Crippen MR) is 109 cm³/mol. The molecule has 1 amide bonds. The minimum atomic E-state index is -0.460. The second-order valence-electron chi connectivity index (χ2n) is 7.33. The van der Waals surface area contributed by atoms with Crippen LogP contribution in [0.25, 0.3) is 0 Å². The molecule has 0 aliphatic carbocycles. The van der Waals surface area contributed by atoms with Crippen molar-refractivity contribution in [2.24, 2.45) is 5.92 Å². The largest absolute Gasteiger partial charge is 0.381 e. The number of aromatic nitrogens is 1. The number of rotatable bonds is 6. The van der Waals surface area contributed by atoms with Crippen molar-refractivity contribution in [2.75, 3.05) is 25.1 Å². The zero-order chi connectivity index (χ0) is 20.1. The van der Waals surface area contributed by atoms with Crippen LogP contribution in [0, 0.1) is 11.7 Å². The van der Waals surface area contributed by atoms with Crippen LogP contribution in [0.15, 0.2) is 30.5 Å². The SMILES string of the molecule is CC(C)c1cc(Nc2ccc(Cl)cc2F)ncc1C(=O)NCC1CCOCC1. The molecule has 1 aromatic heterocycles. The standard InChI is InChI=1S/C21H25ClFN3O2/c1-13(2)16-10-20(26-19-4-3-15(22)9-18(19)23)24-12-17(16)21(27)25-11-14-5-7-28-8-6-14/h3-4,9-10,12-14H,5-8,11H2,1-2H3,(H,24,26)(H,25,27). The van der Waals surface area contributed by atoms with Crippen molar-refractivity contribution < 1.29 is 13.9 Å². The Kier molecular flexibility index (Phi) is 6.86. The van der Waals surface area contributed by atoms with Gasteiger partial charge >= 0.3 is 0 Å². The summed E-state index contributed by atoms with van der Waals surface area (Å²) in [5.41, 5.74) is 1.68. The van der Waals surface area contributed by atoms with Gasteiger partial charge in [-0.15, -0.1) is 0 Å². The molecule has 0 spiro atoms. The second-order valence-corrected chi connectivity index (χ2v) is 7.76. The topological polar surface area (TPSA) is 63.2 Å². The zero-order valence-corrected chi connectivity index (χ0v) is 16.9. The van der Waals surface area contributed by atoms with Crippen LogP contribution in [-0.2, 0) is 4.74 Å². The Morgan fingerprint density at radius 3 is 2.75 bits per heavy atom. The Morgan fingerprint density at radius 1 is 1.32 bits per heavy atom. The van der Waals surface area contributed by atoms with Crippen LogP contribution in [0.2, 0.25) is 5.02 Å². The first-order valence-corrected chi connectivity index (χ1v) is 9.89. The lowest BCUT2D eigenvalue weighted by Gasteiger charge is -2.22. The van der Waals surface area contributed by atoms with E-state index in [0.29, 0.717) is 28.9 Å². The number of benzene rings is 1. The number of nitrogens with zero attached hydrogens (tertiary/aromatic N) is 1. The van der Waals surface area contributed by atoms with Gasteiger partial charge in [-0.2, -0.15) is 0 Å². The van der Waals surface area contributed by atoms with Crippen molar-refractivity contribution in [3.8, 4) is 0 Å². The zero-order valence-electron chi connectivity index (χ0n) is 16.1. The monoisotopic (exact) mass is 405 g/mol. The number of amides is 1. The molecule has 1 fully saturated rings. The molecule has 1 saturated heterocycles. The van der Waals surface area contributed by atoms with Crippen molar-refractivity contribution in [2.45, 2.75) is 32.6 Å². The van der Waals surface area contributed by atoms with Gasteiger partial charge in [0.25, 0.3) is 5.91 Å². The predicted octanol–water partition coefficient (Wildman–Crippen LogP) is 4.90. The summed E-state index contributed by atoms with van der Waals surface area (Å²) in [6.45, 7) is 6.16. The van der Waals surface area contributed by atoms with Gasteiger partial charge in [-0.25, -0.2) is 9.37 Å². The fraction of sp³-hybridized carbons (Fsp3) is 0.429. The Labute approximate surface area is 169 Å². The first kappa shape index (κ1) is 20.6. The van der Waals surface area contributed by atoms with Crippen LogP contribution in [0.5, 0.6) is 0 Å². The Morgan fingerprint density at radius 2 is 2.07 bits per heavy atom. The minimum Gasteiger partial charge on any atom is -0.381 e. The average Bonchev–Trinajstić information content (AvgIpc) is 2.69. The highest BCUT2D eigenvalue weighted by molar-refractivity contribution is 6.30. The molecule has 0 saturated carbocycles. The van der Waals surface area contributed by atoms with Crippen LogP contribution >= 0.6 is 11.6 Å². The number of hydrogen-bond acceptors (Lipinski definition) is 4. The normalized spacial score (nSPS) is 14.9. The van der Waals surface area contributed by atoms with Gasteiger partial charge in [-0.3, -0.25) is 4.79 Å². The first-order chi connectivity index (χ1) is 13.4. The fourth-order valence-electron chi connectivity index (χ4n) is 3.22. The van der Waals surface area contributed by atoms with E-state index >= 15 is 0 Å². The van der Waals surface area contributed by atoms with E-state index in [0.717, 1.165) is 31.6 Å². The summed E-state index contributed by atoms with van der Waals surface area (Å²) in [4.78, 5) is 17.0. The molecule has 2 aromatic rings. The summed E-state index contributed by atoms with van der Waals surface area (Å²) in [5.74, 6) is 0.445. The third-order valence-corrected chi connectivity index (χ3v) is 5.12. The molecule has 150 valence electrons. The van der Waals surface area contributed by atoms with Crippen LogP contribution in [0.4, 0.5) is 15.9 Å². The summed E-state index contributed by atoms with van der Waals surface area (Å²) in [6, 6.07) is 6.20. The molecule has 2 heterocycles.